The van der Waals surface area contributed by atoms with Crippen molar-refractivity contribution in [1.29, 1.82) is 0 Å². The van der Waals surface area contributed by atoms with Gasteiger partial charge in [0.25, 0.3) is 0 Å². The molecule has 0 spiro atoms. The second-order valence-corrected chi connectivity index (χ2v) is 12.1. The number of carbonyl (C=O) groups is 4. The molecule has 2 fully saturated rings. The fourth-order valence-electron chi connectivity index (χ4n) is 6.46. The average molecular weight is 716 g/mol. The van der Waals surface area contributed by atoms with Crippen molar-refractivity contribution in [3.8, 4) is 0 Å². The van der Waals surface area contributed by atoms with Crippen molar-refractivity contribution in [3.63, 3.8) is 0 Å². The van der Waals surface area contributed by atoms with Gasteiger partial charge >= 0.3 is 12.1 Å². The van der Waals surface area contributed by atoms with Crippen LogP contribution in [0.2, 0.25) is 0 Å². The Kier molecular flexibility index (Phi) is 12.3. The number of cyclic esters (lactones) is 1. The van der Waals surface area contributed by atoms with Crippen LogP contribution in [0.3, 0.4) is 0 Å². The summed E-state index contributed by atoms with van der Waals surface area (Å²) in [5.74, 6) is -2.98. The minimum Gasteiger partial charge on any atom is -0.625 e. The summed E-state index contributed by atoms with van der Waals surface area (Å²) < 4.78 is 4.96. The maximum Gasteiger partial charge on any atom is 0.416 e. The Morgan fingerprint density at radius 2 is 1.50 bits per heavy atom. The van der Waals surface area contributed by atoms with Gasteiger partial charge in [0.15, 0.2) is 6.04 Å². The van der Waals surface area contributed by atoms with E-state index in [9.17, 15) is 24.3 Å². The third-order valence-electron chi connectivity index (χ3n) is 8.90. The number of benzene rings is 4. The molecule has 50 heavy (non-hydrogen) atoms. The van der Waals surface area contributed by atoms with Crippen LogP contribution in [0.4, 0.5) is 10.5 Å². The molecule has 260 valence electrons. The molecule has 2 saturated heterocycles. The fourth-order valence-corrected chi connectivity index (χ4v) is 6.46. The average Bonchev–Trinajstić information content (AvgIpc) is 3.78. The van der Waals surface area contributed by atoms with Crippen molar-refractivity contribution in [2.24, 2.45) is 4.99 Å². The zero-order chi connectivity index (χ0) is 34.2. The summed E-state index contributed by atoms with van der Waals surface area (Å²) in [4.78, 5) is 60.5. The molecule has 10 nitrogen and oxygen atoms in total. The maximum atomic E-state index is 13.8. The summed E-state index contributed by atoms with van der Waals surface area (Å²) in [6.07, 6.45) is 0.536. The molecular formula is C39H37N4NiO6-. The number of para-hydroxylation sites is 1. The van der Waals surface area contributed by atoms with E-state index in [2.05, 4.69) is 10.2 Å². The predicted octanol–water partition coefficient (Wildman–Crippen LogP) is 6.32. The number of amides is 3. The van der Waals surface area contributed by atoms with Gasteiger partial charge in [0, 0.05) is 40.9 Å². The van der Waals surface area contributed by atoms with Crippen LogP contribution in [0.25, 0.3) is 5.32 Å². The van der Waals surface area contributed by atoms with Gasteiger partial charge in [-0.15, -0.1) is 5.69 Å². The summed E-state index contributed by atoms with van der Waals surface area (Å²) in [5, 5.41) is 15.3. The first-order valence-electron chi connectivity index (χ1n) is 16.4. The van der Waals surface area contributed by atoms with E-state index in [0.717, 1.165) is 23.4 Å². The molecule has 11 heteroatoms. The van der Waals surface area contributed by atoms with E-state index in [4.69, 9.17) is 9.73 Å². The molecule has 0 bridgehead atoms. The zero-order valence-electron chi connectivity index (χ0n) is 27.2. The molecule has 4 aromatic rings. The Bertz CT molecular complexity index is 1820. The largest absolute Gasteiger partial charge is 0.625 e. The van der Waals surface area contributed by atoms with Crippen molar-refractivity contribution in [1.82, 2.24) is 9.80 Å². The van der Waals surface area contributed by atoms with E-state index in [-0.39, 0.29) is 48.0 Å². The monoisotopic (exact) mass is 715 g/mol. The molecule has 0 radical (unpaired) electrons. The molecule has 4 aromatic carbocycles. The molecule has 3 atom stereocenters. The molecule has 1 N–H and O–H groups in total. The molecule has 3 amide bonds. The predicted molar refractivity (Wildman–Crippen MR) is 185 cm³/mol. The fraction of sp³-hybridized carbons (Fsp3) is 0.256. The Morgan fingerprint density at radius 3 is 2.16 bits per heavy atom. The van der Waals surface area contributed by atoms with Gasteiger partial charge in [-0.25, -0.2) is 14.5 Å². The number of likely N-dealkylation sites (tertiary alicyclic amines) is 1. The van der Waals surface area contributed by atoms with Crippen molar-refractivity contribution < 1.29 is 45.5 Å². The molecule has 0 aliphatic carbocycles. The number of carbonyl (C=O) groups excluding carboxylic acids is 3. The first-order chi connectivity index (χ1) is 23.9. The topological polar surface area (TPSA) is 131 Å². The summed E-state index contributed by atoms with van der Waals surface area (Å²) in [6.45, 7) is 1.61. The van der Waals surface area contributed by atoms with Crippen LogP contribution in [0.15, 0.2) is 120 Å². The van der Waals surface area contributed by atoms with Crippen molar-refractivity contribution in [3.05, 3.63) is 143 Å². The molecule has 0 aromatic heterocycles. The normalized spacial score (nSPS) is 17.4. The Balaban J connectivity index is 0.00000486. The van der Waals surface area contributed by atoms with Crippen molar-refractivity contribution in [2.45, 2.75) is 43.8 Å². The summed E-state index contributed by atoms with van der Waals surface area (Å²) in [7, 11) is 0. The van der Waals surface area contributed by atoms with Gasteiger partial charge in [0.2, 0.25) is 5.91 Å². The minimum atomic E-state index is -1.43. The number of nitrogens with zero attached hydrogens (tertiary/aromatic N) is 4. The number of hydrogen-bond acceptors (Lipinski definition) is 7. The summed E-state index contributed by atoms with van der Waals surface area (Å²) in [5.41, 5.74) is 3.51. The number of hydrogen-bond donors (Lipinski definition) is 1. The van der Waals surface area contributed by atoms with Crippen molar-refractivity contribution in [2.75, 3.05) is 19.7 Å². The molecule has 2 aliphatic rings. The second-order valence-electron chi connectivity index (χ2n) is 12.1. The van der Waals surface area contributed by atoms with Crippen LogP contribution in [0.5, 0.6) is 0 Å². The Hall–Kier alpha value is -5.12. The molecule has 2 aliphatic heterocycles. The number of carboxylic acids is 1. The quantitative estimate of drug-likeness (QED) is 0.134. The molecule has 0 unspecified atom stereocenters. The molecule has 6 rings (SSSR count). The van der Waals surface area contributed by atoms with E-state index in [0.29, 0.717) is 41.1 Å². The van der Waals surface area contributed by atoms with Gasteiger partial charge in [0.1, 0.15) is 6.61 Å². The zero-order valence-corrected chi connectivity index (χ0v) is 28.2. The second kappa shape index (κ2) is 17.0. The standard InChI is InChI=1S/C39H38N4O6.Ni/c44-34(43-23-24-49-39(43)48)25-31(28-15-6-2-7-16-28)36(38(46)47)41-35(29-17-8-3-9-18-29)30-19-10-11-20-32(30)40-37(45)33-21-12-22-42(33)26-27-13-4-1-5-14-27;/h1-11,13-20,31,33,36H,12,21-26H2,(H2,40,41,45,46,47);/p-1/t31-,33-,36+;/m0./s1. The smallest absolute Gasteiger partial charge is 0.416 e. The Morgan fingerprint density at radius 1 is 0.860 bits per heavy atom. The van der Waals surface area contributed by atoms with E-state index >= 15 is 0 Å². The van der Waals surface area contributed by atoms with Gasteiger partial charge < -0.3 is 20.0 Å². The first-order valence-corrected chi connectivity index (χ1v) is 16.4. The van der Waals surface area contributed by atoms with Gasteiger partial charge in [-0.1, -0.05) is 115 Å². The number of ether oxygens (including phenoxy) is 1. The first kappa shape index (κ1) is 36.2. The van der Waals surface area contributed by atoms with E-state index < -0.39 is 29.9 Å². The van der Waals surface area contributed by atoms with Crippen LogP contribution in [0, 0.1) is 0 Å². The van der Waals surface area contributed by atoms with Crippen LogP contribution in [-0.2, 0) is 42.2 Å². The summed E-state index contributed by atoms with van der Waals surface area (Å²) >= 11 is 0. The maximum absolute atomic E-state index is 13.8. The number of carboxylic acid groups (broad SMARTS) is 1. The van der Waals surface area contributed by atoms with Crippen LogP contribution in [-0.4, -0.2) is 76.3 Å². The van der Waals surface area contributed by atoms with Crippen molar-refractivity contribution >= 4 is 35.3 Å². The van der Waals surface area contributed by atoms with E-state index in [1.807, 2.05) is 60.7 Å². The number of aliphatic carboxylic acids is 1. The summed E-state index contributed by atoms with van der Waals surface area (Å²) in [6, 6.07) is 33.2. The minimum absolute atomic E-state index is 0. The molecular weight excluding hydrogens is 679 g/mol. The van der Waals surface area contributed by atoms with Crippen LogP contribution < -0.4 is 0 Å². The molecule has 2 heterocycles. The number of aliphatic imine (C=N–C) groups is 1. The van der Waals surface area contributed by atoms with Gasteiger partial charge in [0.05, 0.1) is 24.2 Å². The Labute approximate surface area is 301 Å². The third kappa shape index (κ3) is 8.53. The van der Waals surface area contributed by atoms with E-state index in [1.165, 1.54) is 0 Å². The number of rotatable bonds is 12. The third-order valence-corrected chi connectivity index (χ3v) is 8.90. The molecule has 0 saturated carbocycles. The SMILES string of the molecule is O=C(O)[C@H](N=C(c1ccccc1)c1ccccc1[N-]C(=O)[C@@H]1CCCN1Cc1ccccc1)[C@@H](CC(=O)N1CCOC1=O)c1ccccc1.[Ni]. The van der Waals surface area contributed by atoms with Gasteiger partial charge in [-0.05, 0) is 36.1 Å². The van der Waals surface area contributed by atoms with Gasteiger partial charge in [-0.3, -0.25) is 14.7 Å². The van der Waals surface area contributed by atoms with Crippen LogP contribution >= 0.6 is 0 Å². The van der Waals surface area contributed by atoms with Crippen LogP contribution in [0.1, 0.15) is 47.4 Å². The van der Waals surface area contributed by atoms with E-state index in [1.54, 1.807) is 54.6 Å². The van der Waals surface area contributed by atoms with Gasteiger partial charge in [-0.2, -0.15) is 0 Å². The number of imide groups is 1.